The number of hydrogen-bond donors (Lipinski definition) is 3. The Morgan fingerprint density at radius 3 is 2.32 bits per heavy atom. The van der Waals surface area contributed by atoms with Gasteiger partial charge in [-0.05, 0) is 18.1 Å². The fourth-order valence-corrected chi connectivity index (χ4v) is 2.28. The molecule has 0 radical (unpaired) electrons. The first-order chi connectivity index (χ1) is 8.61. The summed E-state index contributed by atoms with van der Waals surface area (Å²) in [5.74, 6) is -1.90. The molecule has 19 heavy (non-hydrogen) atoms. The van der Waals surface area contributed by atoms with Gasteiger partial charge in [-0.3, -0.25) is 5.73 Å². The van der Waals surface area contributed by atoms with Crippen LogP contribution in [0.5, 0.6) is 0 Å². The molecule has 0 heterocycles. The molecule has 108 valence electrons. The van der Waals surface area contributed by atoms with Gasteiger partial charge in [-0.15, -0.1) is 0 Å². The third-order valence-electron chi connectivity index (χ3n) is 2.62. The molecule has 0 spiro atoms. The number of ether oxygens (including phenoxy) is 1. The van der Waals surface area contributed by atoms with E-state index in [1.165, 1.54) is 6.92 Å². The van der Waals surface area contributed by atoms with Gasteiger partial charge in [0.15, 0.2) is 0 Å². The maximum Gasteiger partial charge on any atom is 0.219 e. The molecule has 4 nitrogen and oxygen atoms in total. The van der Waals surface area contributed by atoms with Crippen LogP contribution in [0.2, 0.25) is 10.0 Å². The Morgan fingerprint density at radius 1 is 1.32 bits per heavy atom. The second-order valence-electron chi connectivity index (χ2n) is 4.99. The van der Waals surface area contributed by atoms with Gasteiger partial charge in [0.25, 0.3) is 0 Å². The minimum absolute atomic E-state index is 0.0724. The lowest BCUT2D eigenvalue weighted by Crippen LogP contribution is -2.45. The molecule has 0 aromatic heterocycles. The number of benzene rings is 1. The van der Waals surface area contributed by atoms with Gasteiger partial charge in [0.2, 0.25) is 5.91 Å². The first kappa shape index (κ1) is 16.7. The summed E-state index contributed by atoms with van der Waals surface area (Å²) in [4.78, 5) is 0. The van der Waals surface area contributed by atoms with E-state index in [0.29, 0.717) is 15.6 Å². The van der Waals surface area contributed by atoms with E-state index in [4.69, 9.17) is 33.7 Å². The zero-order valence-electron chi connectivity index (χ0n) is 11.1. The van der Waals surface area contributed by atoms with Crippen molar-refractivity contribution in [1.29, 1.82) is 0 Å². The molecule has 1 aromatic rings. The van der Waals surface area contributed by atoms with Crippen molar-refractivity contribution in [2.45, 2.75) is 38.9 Å². The molecule has 0 aliphatic carbocycles. The van der Waals surface area contributed by atoms with Gasteiger partial charge >= 0.3 is 0 Å². The highest BCUT2D eigenvalue weighted by atomic mass is 35.5. The van der Waals surface area contributed by atoms with Crippen molar-refractivity contribution < 1.29 is 14.9 Å². The lowest BCUT2D eigenvalue weighted by Gasteiger charge is -2.32. The van der Waals surface area contributed by atoms with Gasteiger partial charge in [-0.1, -0.05) is 43.1 Å². The summed E-state index contributed by atoms with van der Waals surface area (Å²) >= 11 is 11.9. The monoisotopic (exact) mass is 307 g/mol. The van der Waals surface area contributed by atoms with Crippen LogP contribution in [0.25, 0.3) is 0 Å². The number of aliphatic hydroxyl groups is 2. The predicted molar refractivity (Wildman–Crippen MR) is 75.9 cm³/mol. The maximum absolute atomic E-state index is 10.4. The normalized spacial score (nSPS) is 18.2. The van der Waals surface area contributed by atoms with Crippen LogP contribution in [0.4, 0.5) is 0 Å². The molecule has 0 saturated carbocycles. The van der Waals surface area contributed by atoms with E-state index >= 15 is 0 Å². The fourth-order valence-electron chi connectivity index (χ4n) is 1.76. The van der Waals surface area contributed by atoms with Crippen LogP contribution in [0.3, 0.4) is 0 Å². The van der Waals surface area contributed by atoms with Crippen molar-refractivity contribution in [2.75, 3.05) is 0 Å². The minimum atomic E-state index is -1.82. The Bertz CT molecular complexity index is 432. The highest BCUT2D eigenvalue weighted by Gasteiger charge is 2.31. The van der Waals surface area contributed by atoms with E-state index in [2.05, 4.69) is 0 Å². The average Bonchev–Trinajstić information content (AvgIpc) is 2.23. The van der Waals surface area contributed by atoms with Crippen molar-refractivity contribution in [3.8, 4) is 0 Å². The molecule has 0 aliphatic rings. The lowest BCUT2D eigenvalue weighted by molar-refractivity contribution is -0.243. The standard InChI is InChI=1S/C13H19Cl2NO3/c1-7(2)12(19-13(3,16)18)11(17)9-5-4-8(14)6-10(9)15/h4-7,11-12,17-18H,16H2,1-3H3. The lowest BCUT2D eigenvalue weighted by atomic mass is 9.95. The quantitative estimate of drug-likeness (QED) is 0.731. The molecule has 1 rings (SSSR count). The Hall–Kier alpha value is -0.360. The number of halogens is 2. The predicted octanol–water partition coefficient (Wildman–Crippen LogP) is 2.69. The third kappa shape index (κ3) is 4.91. The molecule has 0 saturated heterocycles. The number of hydrogen-bond acceptors (Lipinski definition) is 4. The first-order valence-corrected chi connectivity index (χ1v) is 6.69. The summed E-state index contributed by atoms with van der Waals surface area (Å²) in [6, 6.07) is 4.79. The summed E-state index contributed by atoms with van der Waals surface area (Å²) in [5, 5.41) is 20.7. The van der Waals surface area contributed by atoms with Crippen LogP contribution in [-0.2, 0) is 4.74 Å². The van der Waals surface area contributed by atoms with Gasteiger partial charge in [-0.2, -0.15) is 0 Å². The molecule has 1 aromatic carbocycles. The van der Waals surface area contributed by atoms with Crippen molar-refractivity contribution in [2.24, 2.45) is 11.7 Å². The van der Waals surface area contributed by atoms with Gasteiger partial charge in [0.1, 0.15) is 6.10 Å². The van der Waals surface area contributed by atoms with Crippen LogP contribution in [0.1, 0.15) is 32.4 Å². The summed E-state index contributed by atoms with van der Waals surface area (Å²) in [7, 11) is 0. The second-order valence-corrected chi connectivity index (χ2v) is 5.84. The highest BCUT2D eigenvalue weighted by molar-refractivity contribution is 6.35. The Kier molecular flexibility index (Phi) is 5.62. The SMILES string of the molecule is CC(C)C(OC(C)(N)O)C(O)c1ccc(Cl)cc1Cl. The number of aliphatic hydroxyl groups excluding tert-OH is 1. The van der Waals surface area contributed by atoms with Crippen molar-refractivity contribution in [1.82, 2.24) is 0 Å². The zero-order valence-corrected chi connectivity index (χ0v) is 12.6. The second kappa shape index (κ2) is 6.39. The van der Waals surface area contributed by atoms with E-state index < -0.39 is 18.1 Å². The van der Waals surface area contributed by atoms with Crippen LogP contribution in [0.15, 0.2) is 18.2 Å². The van der Waals surface area contributed by atoms with Crippen LogP contribution < -0.4 is 5.73 Å². The van der Waals surface area contributed by atoms with Crippen molar-refractivity contribution in [3.05, 3.63) is 33.8 Å². The summed E-state index contributed by atoms with van der Waals surface area (Å²) in [5.41, 5.74) is 5.90. The van der Waals surface area contributed by atoms with Crippen LogP contribution >= 0.6 is 23.2 Å². The minimum Gasteiger partial charge on any atom is -0.386 e. The van der Waals surface area contributed by atoms with E-state index in [9.17, 15) is 10.2 Å². The molecule has 3 atom stereocenters. The van der Waals surface area contributed by atoms with Crippen LogP contribution in [-0.4, -0.2) is 22.2 Å². The van der Waals surface area contributed by atoms with Gasteiger partial charge < -0.3 is 14.9 Å². The van der Waals surface area contributed by atoms with E-state index in [1.807, 2.05) is 13.8 Å². The molecule has 4 N–H and O–H groups in total. The maximum atomic E-state index is 10.4. The molecule has 3 unspecified atom stereocenters. The highest BCUT2D eigenvalue weighted by Crippen LogP contribution is 2.32. The van der Waals surface area contributed by atoms with E-state index in [-0.39, 0.29) is 5.92 Å². The summed E-state index contributed by atoms with van der Waals surface area (Å²) in [6.07, 6.45) is -1.71. The molecule has 0 amide bonds. The Balaban J connectivity index is 3.02. The third-order valence-corrected chi connectivity index (χ3v) is 3.19. The van der Waals surface area contributed by atoms with E-state index in [0.717, 1.165) is 0 Å². The van der Waals surface area contributed by atoms with Crippen LogP contribution in [0, 0.1) is 5.92 Å². The van der Waals surface area contributed by atoms with Gasteiger partial charge in [0.05, 0.1) is 6.10 Å². The number of nitrogens with two attached hydrogens (primary N) is 1. The molecule has 0 bridgehead atoms. The molecular formula is C13H19Cl2NO3. The topological polar surface area (TPSA) is 75.7 Å². The van der Waals surface area contributed by atoms with Gasteiger partial charge in [0, 0.05) is 22.5 Å². The molecule has 6 heteroatoms. The fraction of sp³-hybridized carbons (Fsp3) is 0.538. The summed E-state index contributed by atoms with van der Waals surface area (Å²) in [6.45, 7) is 5.01. The van der Waals surface area contributed by atoms with E-state index in [1.54, 1.807) is 18.2 Å². The summed E-state index contributed by atoms with van der Waals surface area (Å²) < 4.78 is 5.29. The largest absolute Gasteiger partial charge is 0.386 e. The average molecular weight is 308 g/mol. The van der Waals surface area contributed by atoms with Crippen molar-refractivity contribution in [3.63, 3.8) is 0 Å². The van der Waals surface area contributed by atoms with Gasteiger partial charge in [-0.25, -0.2) is 0 Å². The molecule has 0 fully saturated rings. The molecular weight excluding hydrogens is 289 g/mol. The smallest absolute Gasteiger partial charge is 0.219 e. The number of rotatable bonds is 5. The first-order valence-electron chi connectivity index (χ1n) is 5.94. The van der Waals surface area contributed by atoms with Crippen molar-refractivity contribution >= 4 is 23.2 Å². The molecule has 0 aliphatic heterocycles. The Morgan fingerprint density at radius 2 is 1.89 bits per heavy atom. The Labute approximate surface area is 123 Å². The zero-order chi connectivity index (χ0) is 14.8.